The molecule has 0 atom stereocenters. The van der Waals surface area contributed by atoms with E-state index in [2.05, 4.69) is 37.2 Å². The molecule has 0 aromatic heterocycles. The maximum atomic E-state index is 6.02. The lowest BCUT2D eigenvalue weighted by Gasteiger charge is -2.12. The van der Waals surface area contributed by atoms with Gasteiger partial charge in [0.25, 0.3) is 0 Å². The third kappa shape index (κ3) is 2.94. The monoisotopic (exact) mass is 374 g/mol. The van der Waals surface area contributed by atoms with Gasteiger partial charge in [-0.05, 0) is 46.3 Å². The first kappa shape index (κ1) is 12.7. The van der Waals surface area contributed by atoms with E-state index in [1.54, 1.807) is 0 Å². The Morgan fingerprint density at radius 3 is 2.59 bits per heavy atom. The van der Waals surface area contributed by atoms with Crippen LogP contribution in [-0.2, 0) is 0 Å². The van der Waals surface area contributed by atoms with Crippen LogP contribution in [0.4, 0.5) is 17.1 Å². The van der Waals surface area contributed by atoms with Gasteiger partial charge in [-0.25, -0.2) is 0 Å². The largest absolute Gasteiger partial charge is 0.397 e. The Morgan fingerprint density at radius 1 is 1.06 bits per heavy atom. The molecule has 0 unspecified atom stereocenters. The van der Waals surface area contributed by atoms with Crippen LogP contribution in [0.3, 0.4) is 0 Å². The molecular weight excluding hydrogens is 367 g/mol. The van der Waals surface area contributed by atoms with E-state index in [-0.39, 0.29) is 0 Å². The summed E-state index contributed by atoms with van der Waals surface area (Å²) in [5.74, 6) is 0. The molecule has 17 heavy (non-hydrogen) atoms. The highest BCUT2D eigenvalue weighted by Gasteiger charge is 2.06. The minimum absolute atomic E-state index is 0.656. The maximum Gasteiger partial charge on any atom is 0.0629 e. The third-order valence-electron chi connectivity index (χ3n) is 2.24. The lowest BCUT2D eigenvalue weighted by atomic mass is 10.2. The average Bonchev–Trinajstić information content (AvgIpc) is 2.30. The molecule has 5 heteroatoms. The van der Waals surface area contributed by atoms with Crippen molar-refractivity contribution in [3.05, 3.63) is 50.4 Å². The van der Waals surface area contributed by atoms with E-state index in [0.717, 1.165) is 20.3 Å². The second-order valence-corrected chi connectivity index (χ2v) is 5.57. The van der Waals surface area contributed by atoms with Crippen LogP contribution in [-0.4, -0.2) is 0 Å². The fraction of sp³-hybridized carbons (Fsp3) is 0. The van der Waals surface area contributed by atoms with Gasteiger partial charge in [0.05, 0.1) is 26.6 Å². The predicted molar refractivity (Wildman–Crippen MR) is 81.0 cm³/mol. The van der Waals surface area contributed by atoms with E-state index in [0.29, 0.717) is 10.7 Å². The second kappa shape index (κ2) is 5.29. The van der Waals surface area contributed by atoms with Crippen LogP contribution in [0, 0.1) is 0 Å². The van der Waals surface area contributed by atoms with Gasteiger partial charge >= 0.3 is 0 Å². The molecule has 0 bridgehead atoms. The molecule has 0 saturated heterocycles. The van der Waals surface area contributed by atoms with E-state index in [4.69, 9.17) is 17.3 Å². The Balaban J connectivity index is 2.38. The fourth-order valence-electron chi connectivity index (χ4n) is 1.38. The Labute approximate surface area is 121 Å². The molecule has 0 heterocycles. The lowest BCUT2D eigenvalue weighted by molar-refractivity contribution is 1.51. The van der Waals surface area contributed by atoms with Gasteiger partial charge in [0.1, 0.15) is 0 Å². The number of nitrogens with two attached hydrogens (primary N) is 1. The van der Waals surface area contributed by atoms with Crippen molar-refractivity contribution in [3.8, 4) is 0 Å². The maximum absolute atomic E-state index is 6.02. The van der Waals surface area contributed by atoms with E-state index in [9.17, 15) is 0 Å². The van der Waals surface area contributed by atoms with Crippen molar-refractivity contribution in [3.63, 3.8) is 0 Å². The second-order valence-electron chi connectivity index (χ2n) is 3.46. The SMILES string of the molecule is Nc1ccc(Br)cc1Nc1cccc(Cl)c1Br. The molecule has 0 radical (unpaired) electrons. The standard InChI is InChI=1S/C12H9Br2ClN2/c13-7-4-5-9(16)11(6-7)17-10-3-1-2-8(15)12(10)14/h1-6,17H,16H2. The van der Waals surface area contributed by atoms with Crippen molar-refractivity contribution in [1.29, 1.82) is 0 Å². The first-order chi connectivity index (χ1) is 8.08. The average molecular weight is 376 g/mol. The summed E-state index contributed by atoms with van der Waals surface area (Å²) in [6.45, 7) is 0. The summed E-state index contributed by atoms with van der Waals surface area (Å²) < 4.78 is 1.79. The molecule has 2 nitrogen and oxygen atoms in total. The van der Waals surface area contributed by atoms with Crippen molar-refractivity contribution in [2.24, 2.45) is 0 Å². The zero-order valence-electron chi connectivity index (χ0n) is 8.68. The number of halogens is 3. The number of nitrogen functional groups attached to an aromatic ring is 1. The number of benzene rings is 2. The summed E-state index contributed by atoms with van der Waals surface area (Å²) in [5.41, 5.74) is 8.29. The number of anilines is 3. The van der Waals surface area contributed by atoms with Gasteiger partial charge in [-0.3, -0.25) is 0 Å². The molecule has 2 aromatic carbocycles. The Bertz CT molecular complexity index is 558. The van der Waals surface area contributed by atoms with E-state index < -0.39 is 0 Å². The minimum Gasteiger partial charge on any atom is -0.397 e. The van der Waals surface area contributed by atoms with E-state index in [1.807, 2.05) is 36.4 Å². The van der Waals surface area contributed by atoms with Crippen LogP contribution < -0.4 is 11.1 Å². The van der Waals surface area contributed by atoms with Gasteiger partial charge in [0.15, 0.2) is 0 Å². The van der Waals surface area contributed by atoms with Gasteiger partial charge in [-0.2, -0.15) is 0 Å². The normalized spacial score (nSPS) is 10.3. The van der Waals surface area contributed by atoms with E-state index >= 15 is 0 Å². The molecular formula is C12H9Br2ClN2. The number of rotatable bonds is 2. The third-order valence-corrected chi connectivity index (χ3v) is 4.13. The highest BCUT2D eigenvalue weighted by Crippen LogP contribution is 2.34. The van der Waals surface area contributed by atoms with Crippen LogP contribution in [0.15, 0.2) is 45.3 Å². The van der Waals surface area contributed by atoms with Gasteiger partial charge in [0, 0.05) is 4.47 Å². The van der Waals surface area contributed by atoms with Crippen LogP contribution in [0.25, 0.3) is 0 Å². The van der Waals surface area contributed by atoms with Crippen LogP contribution in [0.5, 0.6) is 0 Å². The van der Waals surface area contributed by atoms with E-state index in [1.165, 1.54) is 0 Å². The molecule has 0 saturated carbocycles. The summed E-state index contributed by atoms with van der Waals surface area (Å²) in [4.78, 5) is 0. The summed E-state index contributed by atoms with van der Waals surface area (Å²) in [6.07, 6.45) is 0. The molecule has 0 aliphatic heterocycles. The summed E-state index contributed by atoms with van der Waals surface area (Å²) >= 11 is 12.9. The van der Waals surface area contributed by atoms with Crippen molar-refractivity contribution in [2.75, 3.05) is 11.1 Å². The number of hydrogen-bond acceptors (Lipinski definition) is 2. The molecule has 0 aliphatic rings. The van der Waals surface area contributed by atoms with Gasteiger partial charge in [-0.15, -0.1) is 0 Å². The Hall–Kier alpha value is -0.710. The number of nitrogens with one attached hydrogen (secondary N) is 1. The minimum atomic E-state index is 0.656. The van der Waals surface area contributed by atoms with Crippen LogP contribution in [0.1, 0.15) is 0 Å². The molecule has 0 spiro atoms. The summed E-state index contributed by atoms with van der Waals surface area (Å²) in [6, 6.07) is 11.3. The molecule has 0 amide bonds. The zero-order chi connectivity index (χ0) is 12.4. The van der Waals surface area contributed by atoms with Crippen molar-refractivity contribution in [1.82, 2.24) is 0 Å². The van der Waals surface area contributed by atoms with Crippen molar-refractivity contribution in [2.45, 2.75) is 0 Å². The molecule has 2 aromatic rings. The quantitative estimate of drug-likeness (QED) is 0.708. The Morgan fingerprint density at radius 2 is 1.82 bits per heavy atom. The summed E-state index contributed by atoms with van der Waals surface area (Å²) in [7, 11) is 0. The van der Waals surface area contributed by atoms with Crippen LogP contribution >= 0.6 is 43.5 Å². The molecule has 3 N–H and O–H groups in total. The fourth-order valence-corrected chi connectivity index (χ4v) is 2.28. The number of hydrogen-bond donors (Lipinski definition) is 2. The van der Waals surface area contributed by atoms with Gasteiger partial charge in [-0.1, -0.05) is 33.6 Å². The molecule has 2 rings (SSSR count). The smallest absolute Gasteiger partial charge is 0.0629 e. The molecule has 88 valence electrons. The Kier molecular flexibility index (Phi) is 3.97. The highest BCUT2D eigenvalue weighted by atomic mass is 79.9. The zero-order valence-corrected chi connectivity index (χ0v) is 12.6. The molecule has 0 fully saturated rings. The first-order valence-corrected chi connectivity index (χ1v) is 6.80. The van der Waals surface area contributed by atoms with Gasteiger partial charge < -0.3 is 11.1 Å². The topological polar surface area (TPSA) is 38.0 Å². The first-order valence-electron chi connectivity index (χ1n) is 4.84. The highest BCUT2D eigenvalue weighted by molar-refractivity contribution is 9.11. The summed E-state index contributed by atoms with van der Waals surface area (Å²) in [5, 5.41) is 3.89. The lowest BCUT2D eigenvalue weighted by Crippen LogP contribution is -1.96. The van der Waals surface area contributed by atoms with Crippen LogP contribution in [0.2, 0.25) is 5.02 Å². The van der Waals surface area contributed by atoms with Gasteiger partial charge in [0.2, 0.25) is 0 Å². The molecule has 0 aliphatic carbocycles. The predicted octanol–water partition coefficient (Wildman–Crippen LogP) is 5.19. The van der Waals surface area contributed by atoms with Crippen molar-refractivity contribution < 1.29 is 0 Å². The van der Waals surface area contributed by atoms with Crippen molar-refractivity contribution >= 4 is 60.5 Å².